The summed E-state index contributed by atoms with van der Waals surface area (Å²) in [7, 11) is 0. The van der Waals surface area contributed by atoms with E-state index < -0.39 is 0 Å². The molecule has 0 saturated heterocycles. The topological polar surface area (TPSA) is 28.4 Å². The molecule has 0 radical (unpaired) electrons. The molecular weight excluding hydrogens is 560 g/mol. The minimum Gasteiger partial charge on any atom is -0.456 e. The Labute approximate surface area is 267 Å². The van der Waals surface area contributed by atoms with E-state index in [1.165, 1.54) is 43.8 Å². The monoisotopic (exact) mass is 590 g/mol. The quantitative estimate of drug-likeness (QED) is 0.202. The molecular formula is C43H30N2O. The van der Waals surface area contributed by atoms with Crippen molar-refractivity contribution in [3.63, 3.8) is 0 Å². The highest BCUT2D eigenvalue weighted by Crippen LogP contribution is 2.43. The minimum atomic E-state index is 0.681. The summed E-state index contributed by atoms with van der Waals surface area (Å²) in [6, 6.07) is 54.4. The summed E-state index contributed by atoms with van der Waals surface area (Å²) >= 11 is 0. The van der Waals surface area contributed by atoms with Crippen molar-refractivity contribution in [2.24, 2.45) is 0 Å². The third-order valence-electron chi connectivity index (χ3n) is 9.12. The molecule has 7 aromatic carbocycles. The molecule has 0 fully saturated rings. The standard InChI is InChI=1S/C43H30N2O/c1-2-9-29(10-3-1)30-17-21-33(22-18-30)45(41-16-8-15-39-38-25-26-44-28-42(38)46-43(39)41)34-23-19-31(20-24-34)40-27-32-11-4-5-12-35(32)36-13-6-7-14-37(36)40/h1-27,44H,28H2. The molecule has 1 N–H and O–H groups in total. The maximum Gasteiger partial charge on any atom is 0.159 e. The number of fused-ring (bicyclic) bond motifs is 6. The van der Waals surface area contributed by atoms with E-state index >= 15 is 0 Å². The molecule has 218 valence electrons. The van der Waals surface area contributed by atoms with Crippen LogP contribution < -0.4 is 10.2 Å². The normalized spacial score (nSPS) is 12.3. The first-order valence-electron chi connectivity index (χ1n) is 15.7. The predicted molar refractivity (Wildman–Crippen MR) is 193 cm³/mol. The lowest BCUT2D eigenvalue weighted by Crippen LogP contribution is -2.10. The third kappa shape index (κ3) is 4.36. The van der Waals surface area contributed by atoms with E-state index in [-0.39, 0.29) is 0 Å². The maximum atomic E-state index is 6.57. The van der Waals surface area contributed by atoms with Crippen LogP contribution >= 0.6 is 0 Å². The van der Waals surface area contributed by atoms with E-state index in [1.54, 1.807) is 0 Å². The van der Waals surface area contributed by atoms with Crippen LogP contribution in [0.3, 0.4) is 0 Å². The number of nitrogens with one attached hydrogen (secondary N) is 1. The molecule has 0 saturated carbocycles. The van der Waals surface area contributed by atoms with Crippen molar-refractivity contribution in [3.05, 3.63) is 169 Å². The van der Waals surface area contributed by atoms with E-state index in [4.69, 9.17) is 4.42 Å². The first kappa shape index (κ1) is 26.4. The zero-order valence-corrected chi connectivity index (χ0v) is 25.2. The summed E-state index contributed by atoms with van der Waals surface area (Å²) in [6.07, 6.45) is 4.11. The average molecular weight is 591 g/mol. The predicted octanol–water partition coefficient (Wildman–Crippen LogP) is 11.6. The first-order chi connectivity index (χ1) is 22.8. The van der Waals surface area contributed by atoms with Crippen LogP contribution in [0.2, 0.25) is 0 Å². The summed E-state index contributed by atoms with van der Waals surface area (Å²) in [4.78, 5) is 2.31. The van der Waals surface area contributed by atoms with Gasteiger partial charge in [-0.05, 0) is 92.5 Å². The second-order valence-electron chi connectivity index (χ2n) is 11.8. The van der Waals surface area contributed by atoms with Crippen LogP contribution in [-0.2, 0) is 6.54 Å². The van der Waals surface area contributed by atoms with Crippen molar-refractivity contribution in [1.29, 1.82) is 0 Å². The summed E-state index contributed by atoms with van der Waals surface area (Å²) in [6.45, 7) is 0.681. The number of benzene rings is 7. The Morgan fingerprint density at radius 2 is 1.15 bits per heavy atom. The summed E-state index contributed by atoms with van der Waals surface area (Å²) in [5.74, 6) is 0.961. The Bertz CT molecular complexity index is 2400. The van der Waals surface area contributed by atoms with E-state index in [9.17, 15) is 0 Å². The largest absolute Gasteiger partial charge is 0.456 e. The fourth-order valence-corrected chi connectivity index (χ4v) is 6.90. The van der Waals surface area contributed by atoms with Crippen LogP contribution in [0.1, 0.15) is 11.3 Å². The number of nitrogens with zero attached hydrogens (tertiary/aromatic N) is 1. The zero-order chi connectivity index (χ0) is 30.5. The molecule has 1 aliphatic rings. The van der Waals surface area contributed by atoms with Crippen LogP contribution in [0.15, 0.2) is 162 Å². The smallest absolute Gasteiger partial charge is 0.159 e. The molecule has 2 heterocycles. The number of anilines is 3. The molecule has 0 atom stereocenters. The van der Waals surface area contributed by atoms with Crippen molar-refractivity contribution >= 4 is 55.7 Å². The van der Waals surface area contributed by atoms with Gasteiger partial charge in [-0.15, -0.1) is 0 Å². The number of hydrogen-bond acceptors (Lipinski definition) is 3. The van der Waals surface area contributed by atoms with Gasteiger partial charge in [0.1, 0.15) is 5.76 Å². The minimum absolute atomic E-state index is 0.681. The van der Waals surface area contributed by atoms with Crippen LogP contribution in [0.5, 0.6) is 0 Å². The van der Waals surface area contributed by atoms with Gasteiger partial charge in [0.2, 0.25) is 0 Å². The van der Waals surface area contributed by atoms with Gasteiger partial charge in [0, 0.05) is 22.3 Å². The Morgan fingerprint density at radius 3 is 1.93 bits per heavy atom. The molecule has 0 aliphatic carbocycles. The summed E-state index contributed by atoms with van der Waals surface area (Å²) < 4.78 is 6.57. The van der Waals surface area contributed by atoms with Gasteiger partial charge in [-0.2, -0.15) is 0 Å². The molecule has 9 rings (SSSR count). The molecule has 8 aromatic rings. The molecule has 1 aliphatic heterocycles. The molecule has 46 heavy (non-hydrogen) atoms. The second-order valence-corrected chi connectivity index (χ2v) is 11.8. The van der Waals surface area contributed by atoms with Crippen LogP contribution in [0.4, 0.5) is 17.1 Å². The van der Waals surface area contributed by atoms with Gasteiger partial charge in [0.15, 0.2) is 5.58 Å². The summed E-state index contributed by atoms with van der Waals surface area (Å²) in [5, 5.41) is 9.48. The molecule has 1 aromatic heterocycles. The fourth-order valence-electron chi connectivity index (χ4n) is 6.90. The molecule has 3 nitrogen and oxygen atoms in total. The highest BCUT2D eigenvalue weighted by atomic mass is 16.3. The van der Waals surface area contributed by atoms with Crippen LogP contribution in [-0.4, -0.2) is 0 Å². The van der Waals surface area contributed by atoms with Gasteiger partial charge in [-0.1, -0.05) is 115 Å². The molecule has 0 amide bonds. The highest BCUT2D eigenvalue weighted by Gasteiger charge is 2.22. The van der Waals surface area contributed by atoms with Gasteiger partial charge in [0.25, 0.3) is 0 Å². The number of para-hydroxylation sites is 1. The van der Waals surface area contributed by atoms with Crippen molar-refractivity contribution in [3.8, 4) is 22.3 Å². The lowest BCUT2D eigenvalue weighted by molar-refractivity contribution is 0.533. The van der Waals surface area contributed by atoms with Crippen LogP contribution in [0, 0.1) is 0 Å². The van der Waals surface area contributed by atoms with E-state index in [0.29, 0.717) is 6.54 Å². The molecule has 3 heteroatoms. The van der Waals surface area contributed by atoms with Crippen molar-refractivity contribution in [1.82, 2.24) is 5.32 Å². The summed E-state index contributed by atoms with van der Waals surface area (Å²) in [5.41, 5.74) is 9.99. The van der Waals surface area contributed by atoms with Crippen molar-refractivity contribution in [2.75, 3.05) is 4.90 Å². The van der Waals surface area contributed by atoms with Gasteiger partial charge in [0.05, 0.1) is 12.2 Å². The van der Waals surface area contributed by atoms with Gasteiger partial charge in [-0.3, -0.25) is 0 Å². The Morgan fingerprint density at radius 1 is 0.522 bits per heavy atom. The lowest BCUT2D eigenvalue weighted by atomic mass is 9.93. The number of hydrogen-bond donors (Lipinski definition) is 1. The number of rotatable bonds is 5. The van der Waals surface area contributed by atoms with E-state index in [0.717, 1.165) is 39.4 Å². The van der Waals surface area contributed by atoms with Gasteiger partial charge < -0.3 is 14.6 Å². The third-order valence-corrected chi connectivity index (χ3v) is 9.12. The van der Waals surface area contributed by atoms with Gasteiger partial charge in [-0.25, -0.2) is 0 Å². The Balaban J connectivity index is 1.20. The van der Waals surface area contributed by atoms with Crippen molar-refractivity contribution < 1.29 is 4.42 Å². The SMILES string of the molecule is C1=Cc2c(oc3c(N(c4ccc(-c5ccccc5)cc4)c4ccc(-c5cc6ccccc6c6ccccc56)cc4)cccc23)CN1. The molecule has 0 spiro atoms. The Kier molecular flexibility index (Phi) is 6.20. The Hall–Kier alpha value is -6.06. The maximum absolute atomic E-state index is 6.57. The van der Waals surface area contributed by atoms with Gasteiger partial charge >= 0.3 is 0 Å². The van der Waals surface area contributed by atoms with E-state index in [2.05, 4.69) is 168 Å². The van der Waals surface area contributed by atoms with E-state index in [1.807, 2.05) is 6.20 Å². The molecule has 0 unspecified atom stereocenters. The average Bonchev–Trinajstić information content (AvgIpc) is 3.52. The number of furan rings is 1. The lowest BCUT2D eigenvalue weighted by Gasteiger charge is -2.26. The van der Waals surface area contributed by atoms with Crippen LogP contribution in [0.25, 0.3) is 60.8 Å². The molecule has 0 bridgehead atoms. The van der Waals surface area contributed by atoms with Crippen molar-refractivity contribution in [2.45, 2.75) is 6.54 Å². The highest BCUT2D eigenvalue weighted by molar-refractivity contribution is 6.13. The zero-order valence-electron chi connectivity index (χ0n) is 25.2. The first-order valence-corrected chi connectivity index (χ1v) is 15.7. The fraction of sp³-hybridized carbons (Fsp3) is 0.0233. The second kappa shape index (κ2) is 10.8.